The lowest BCUT2D eigenvalue weighted by molar-refractivity contribution is -0.137. The second-order valence-corrected chi connectivity index (χ2v) is 8.71. The smallest absolute Gasteiger partial charge is 0.396 e. The normalized spacial score (nSPS) is 14.1. The summed E-state index contributed by atoms with van der Waals surface area (Å²) in [6.07, 6.45) is -0.685. The Hall–Kier alpha value is -2.89. The van der Waals surface area contributed by atoms with Gasteiger partial charge in [-0.05, 0) is 56.0 Å². The zero-order chi connectivity index (χ0) is 25.8. The molecule has 1 aromatic carbocycles. The van der Waals surface area contributed by atoms with E-state index in [2.05, 4.69) is 25.7 Å². The molecule has 0 radical (unpaired) electrons. The van der Waals surface area contributed by atoms with E-state index in [0.29, 0.717) is 29.2 Å². The number of carbonyl (C=O) groups excluding carboxylic acids is 1. The van der Waals surface area contributed by atoms with Gasteiger partial charge in [-0.2, -0.15) is 22.8 Å². The molecular weight excluding hydrogens is 508 g/mol. The quantitative estimate of drug-likeness (QED) is 0.418. The summed E-state index contributed by atoms with van der Waals surface area (Å²) in [7, 11) is 1.62. The first kappa shape index (κ1) is 26.7. The van der Waals surface area contributed by atoms with Gasteiger partial charge in [0.15, 0.2) is 11.6 Å². The molecule has 4 rings (SSSR count). The maximum atomic E-state index is 13.0. The molecule has 3 aromatic rings. The summed E-state index contributed by atoms with van der Waals surface area (Å²) in [6, 6.07) is 5.15. The van der Waals surface area contributed by atoms with Crippen LogP contribution in [0.25, 0.3) is 5.82 Å². The average molecular weight is 531 g/mol. The fourth-order valence-electron chi connectivity index (χ4n) is 2.90. The molecule has 1 atom stereocenters. The van der Waals surface area contributed by atoms with Gasteiger partial charge in [0.05, 0.1) is 16.6 Å². The van der Waals surface area contributed by atoms with Gasteiger partial charge in [0.1, 0.15) is 0 Å². The summed E-state index contributed by atoms with van der Waals surface area (Å²) in [5.74, 6) is 0.910. The molecule has 13 heteroatoms. The molecule has 2 aromatic heterocycles. The van der Waals surface area contributed by atoms with Gasteiger partial charge < -0.3 is 15.7 Å². The molecule has 0 saturated heterocycles. The average Bonchev–Trinajstić information content (AvgIpc) is 3.56. The summed E-state index contributed by atoms with van der Waals surface area (Å²) >= 11 is 11.6. The number of nitrogens with one attached hydrogen (secondary N) is 2. The van der Waals surface area contributed by atoms with Gasteiger partial charge in [0.2, 0.25) is 5.95 Å². The highest BCUT2D eigenvalue weighted by molar-refractivity contribution is 6.31. The number of halogens is 5. The molecule has 0 bridgehead atoms. The third kappa shape index (κ3) is 7.30. The van der Waals surface area contributed by atoms with E-state index in [4.69, 9.17) is 28.3 Å². The van der Waals surface area contributed by atoms with Crippen LogP contribution >= 0.6 is 23.2 Å². The van der Waals surface area contributed by atoms with Gasteiger partial charge in [-0.3, -0.25) is 4.79 Å². The molecule has 2 heterocycles. The van der Waals surface area contributed by atoms with E-state index >= 15 is 0 Å². The van der Waals surface area contributed by atoms with Gasteiger partial charge in [0.25, 0.3) is 5.91 Å². The summed E-state index contributed by atoms with van der Waals surface area (Å²) in [5, 5.41) is 18.1. The molecule has 35 heavy (non-hydrogen) atoms. The zero-order valence-electron chi connectivity index (χ0n) is 18.8. The molecular formula is C22H23Cl2F3N6O2. The third-order valence-corrected chi connectivity index (χ3v) is 5.40. The van der Waals surface area contributed by atoms with Gasteiger partial charge in [-0.1, -0.05) is 23.2 Å². The number of nitrogens with zero attached hydrogens (tertiary/aromatic N) is 4. The lowest BCUT2D eigenvalue weighted by atomic mass is 10.1. The van der Waals surface area contributed by atoms with Crippen LogP contribution < -0.4 is 10.6 Å². The number of carbonyl (C=O) groups is 1. The fraction of sp³-hybridized carbons (Fsp3) is 0.364. The first-order valence-electron chi connectivity index (χ1n) is 10.6. The van der Waals surface area contributed by atoms with Crippen LogP contribution in [0.1, 0.15) is 47.6 Å². The Labute approximate surface area is 209 Å². The van der Waals surface area contributed by atoms with Crippen molar-refractivity contribution in [3.63, 3.8) is 0 Å². The van der Waals surface area contributed by atoms with Crippen molar-refractivity contribution >= 4 is 35.1 Å². The summed E-state index contributed by atoms with van der Waals surface area (Å²) in [4.78, 5) is 21.1. The number of rotatable bonds is 6. The van der Waals surface area contributed by atoms with Crippen molar-refractivity contribution in [2.75, 3.05) is 19.0 Å². The van der Waals surface area contributed by atoms with Crippen LogP contribution in [0.15, 0.2) is 36.5 Å². The van der Waals surface area contributed by atoms with E-state index in [1.165, 1.54) is 23.7 Å². The van der Waals surface area contributed by atoms with E-state index in [1.807, 2.05) is 0 Å². The molecule has 0 spiro atoms. The lowest BCUT2D eigenvalue weighted by Gasteiger charge is -2.15. The van der Waals surface area contributed by atoms with Crippen molar-refractivity contribution in [3.8, 4) is 5.82 Å². The third-order valence-electron chi connectivity index (χ3n) is 4.96. The summed E-state index contributed by atoms with van der Waals surface area (Å²) in [6.45, 7) is 2.03. The number of aliphatic hydroxyl groups is 1. The van der Waals surface area contributed by atoms with Crippen molar-refractivity contribution in [3.05, 3.63) is 63.5 Å². The van der Waals surface area contributed by atoms with Crippen LogP contribution in [-0.4, -0.2) is 44.4 Å². The highest BCUT2D eigenvalue weighted by Crippen LogP contribution is 2.32. The predicted molar refractivity (Wildman–Crippen MR) is 126 cm³/mol. The number of benzene rings is 1. The number of alkyl halides is 3. The number of amides is 1. The van der Waals surface area contributed by atoms with E-state index < -0.39 is 23.7 Å². The van der Waals surface area contributed by atoms with Crippen LogP contribution in [0, 0.1) is 5.92 Å². The van der Waals surface area contributed by atoms with Gasteiger partial charge in [-0.15, -0.1) is 5.10 Å². The maximum Gasteiger partial charge on any atom is 0.416 e. The molecule has 1 saturated carbocycles. The minimum atomic E-state index is -4.63. The predicted octanol–water partition coefficient (Wildman–Crippen LogP) is 4.91. The first-order valence-corrected chi connectivity index (χ1v) is 11.3. The zero-order valence-corrected chi connectivity index (χ0v) is 20.3. The molecule has 1 amide bonds. The minimum Gasteiger partial charge on any atom is -0.396 e. The van der Waals surface area contributed by atoms with Crippen LogP contribution in [0.2, 0.25) is 10.0 Å². The number of hydrogen-bond acceptors (Lipinski definition) is 6. The molecule has 188 valence electrons. The minimum absolute atomic E-state index is 0.200. The molecule has 1 aliphatic carbocycles. The lowest BCUT2D eigenvalue weighted by Crippen LogP contribution is -2.29. The number of anilines is 1. The number of hydrogen-bond donors (Lipinski definition) is 3. The Morgan fingerprint density at radius 2 is 1.94 bits per heavy atom. The largest absolute Gasteiger partial charge is 0.416 e. The van der Waals surface area contributed by atoms with Crippen molar-refractivity contribution in [1.82, 2.24) is 25.1 Å². The van der Waals surface area contributed by atoms with Gasteiger partial charge in [-0.25, -0.2) is 4.98 Å². The number of aliphatic hydroxyl groups excluding tert-OH is 1. The summed E-state index contributed by atoms with van der Waals surface area (Å²) in [5.41, 5.74) is -1.25. The van der Waals surface area contributed by atoms with Crippen LogP contribution in [0.5, 0.6) is 0 Å². The molecule has 1 unspecified atom stereocenters. The second-order valence-electron chi connectivity index (χ2n) is 7.84. The molecule has 8 nitrogen and oxygen atoms in total. The van der Waals surface area contributed by atoms with E-state index in [-0.39, 0.29) is 16.5 Å². The highest BCUT2D eigenvalue weighted by Gasteiger charge is 2.32. The first-order chi connectivity index (χ1) is 16.5. The fourth-order valence-corrected chi connectivity index (χ4v) is 3.25. The van der Waals surface area contributed by atoms with Crippen molar-refractivity contribution in [2.45, 2.75) is 32.0 Å². The second kappa shape index (κ2) is 11.2. The molecule has 1 fully saturated rings. The number of pyridine rings is 1. The van der Waals surface area contributed by atoms with Crippen molar-refractivity contribution in [2.24, 2.45) is 5.92 Å². The maximum absolute atomic E-state index is 13.0. The van der Waals surface area contributed by atoms with Crippen LogP contribution in [0.3, 0.4) is 0 Å². The molecule has 1 aliphatic rings. The monoisotopic (exact) mass is 530 g/mol. The Morgan fingerprint density at radius 3 is 2.46 bits per heavy atom. The highest BCUT2D eigenvalue weighted by atomic mass is 35.5. The Kier molecular flexibility index (Phi) is 8.57. The molecule has 0 aliphatic heterocycles. The van der Waals surface area contributed by atoms with Crippen molar-refractivity contribution < 1.29 is 23.1 Å². The van der Waals surface area contributed by atoms with Gasteiger partial charge >= 0.3 is 6.18 Å². The standard InChI is InChI=1S/C18H15Cl2F3N6O.C4H8O/c1-9(26-16(30)10-5-11(18(21,22)23)7-13(20)6-10)15-27-17(24-2)28-29(15)14-4-3-12(19)8-25-14;5-3-4-1-2-4/h3-9H,1-2H3,(H,24,28)(H,26,30);4-5H,1-3H2. The topological polar surface area (TPSA) is 105 Å². The van der Waals surface area contributed by atoms with Crippen LogP contribution in [-0.2, 0) is 6.18 Å². The Morgan fingerprint density at radius 1 is 1.23 bits per heavy atom. The summed E-state index contributed by atoms with van der Waals surface area (Å²) < 4.78 is 40.4. The van der Waals surface area contributed by atoms with Crippen molar-refractivity contribution in [1.29, 1.82) is 0 Å². The Bertz CT molecular complexity index is 1170. The van der Waals surface area contributed by atoms with E-state index in [1.54, 1.807) is 26.1 Å². The van der Waals surface area contributed by atoms with Gasteiger partial charge in [0, 0.05) is 30.4 Å². The van der Waals surface area contributed by atoms with E-state index in [0.717, 1.165) is 18.2 Å². The Balaban J connectivity index is 0.000000607. The van der Waals surface area contributed by atoms with Crippen LogP contribution in [0.4, 0.5) is 19.1 Å². The molecule has 3 N–H and O–H groups in total. The number of aromatic nitrogens is 4. The SMILES string of the molecule is CNc1nc(C(C)NC(=O)c2cc(Cl)cc(C(F)(F)F)c2)n(-c2ccc(Cl)cn2)n1.OCC1CC1. The van der Waals surface area contributed by atoms with E-state index in [9.17, 15) is 18.0 Å².